The maximum atomic E-state index is 11.2. The van der Waals surface area contributed by atoms with Gasteiger partial charge in [-0.3, -0.25) is 10.1 Å². The Balaban J connectivity index is 2.86. The molecule has 0 amide bonds. The molecule has 1 atom stereocenters. The van der Waals surface area contributed by atoms with E-state index in [0.29, 0.717) is 30.5 Å². The number of nitro groups is 1. The van der Waals surface area contributed by atoms with Crippen LogP contribution in [0.1, 0.15) is 20.3 Å². The quantitative estimate of drug-likeness (QED) is 0.537. The fourth-order valence-electron chi connectivity index (χ4n) is 1.89. The van der Waals surface area contributed by atoms with Crippen molar-refractivity contribution in [3.8, 4) is 5.75 Å². The Morgan fingerprint density at radius 3 is 2.75 bits per heavy atom. The minimum absolute atomic E-state index is 0.0117. The molecule has 0 fully saturated rings. The summed E-state index contributed by atoms with van der Waals surface area (Å²) >= 11 is 0. The molecule has 0 aliphatic heterocycles. The molecule has 0 bridgehead atoms. The van der Waals surface area contributed by atoms with Gasteiger partial charge >= 0.3 is 5.69 Å². The molecule has 20 heavy (non-hydrogen) atoms. The third-order valence-electron chi connectivity index (χ3n) is 2.84. The van der Waals surface area contributed by atoms with Gasteiger partial charge in [0, 0.05) is 6.54 Å². The van der Waals surface area contributed by atoms with E-state index in [9.17, 15) is 10.1 Å². The Morgan fingerprint density at radius 1 is 1.40 bits per heavy atom. The summed E-state index contributed by atoms with van der Waals surface area (Å²) in [7, 11) is 1.89. The monoisotopic (exact) mass is 281 g/mol. The predicted octanol–water partition coefficient (Wildman–Crippen LogP) is 2.65. The summed E-state index contributed by atoms with van der Waals surface area (Å²) in [6.45, 7) is 6.03. The molecule has 112 valence electrons. The number of benzene rings is 1. The summed E-state index contributed by atoms with van der Waals surface area (Å²) < 4.78 is 5.45. The van der Waals surface area contributed by atoms with Gasteiger partial charge in [-0.25, -0.2) is 0 Å². The molecule has 0 aromatic heterocycles. The molecule has 0 saturated carbocycles. The first-order chi connectivity index (χ1) is 9.60. The molecule has 0 saturated heterocycles. The van der Waals surface area contributed by atoms with Crippen LogP contribution in [0.25, 0.3) is 0 Å². The molecular weight excluding hydrogens is 258 g/mol. The van der Waals surface area contributed by atoms with E-state index in [-0.39, 0.29) is 5.69 Å². The minimum Gasteiger partial charge on any atom is -0.487 e. The molecule has 1 unspecified atom stereocenters. The SMILES string of the molecule is CCCOc1cccc(NCC(C)CNC)c1[N+](=O)[O-]. The highest BCUT2D eigenvalue weighted by Gasteiger charge is 2.21. The highest BCUT2D eigenvalue weighted by Crippen LogP contribution is 2.34. The third-order valence-corrected chi connectivity index (χ3v) is 2.84. The van der Waals surface area contributed by atoms with Crippen molar-refractivity contribution in [2.45, 2.75) is 20.3 Å². The fraction of sp³-hybridized carbons (Fsp3) is 0.571. The van der Waals surface area contributed by atoms with Crippen molar-refractivity contribution < 1.29 is 9.66 Å². The van der Waals surface area contributed by atoms with E-state index < -0.39 is 4.92 Å². The molecule has 0 aliphatic rings. The van der Waals surface area contributed by atoms with Crippen molar-refractivity contribution >= 4 is 11.4 Å². The summed E-state index contributed by atoms with van der Waals surface area (Å²) in [5, 5.41) is 17.5. The van der Waals surface area contributed by atoms with Crippen LogP contribution in [0, 0.1) is 16.0 Å². The molecular formula is C14H23N3O3. The van der Waals surface area contributed by atoms with E-state index in [1.54, 1.807) is 18.2 Å². The van der Waals surface area contributed by atoms with Crippen LogP contribution in [0.2, 0.25) is 0 Å². The number of nitrogens with zero attached hydrogens (tertiary/aromatic N) is 1. The van der Waals surface area contributed by atoms with Gasteiger partial charge in [0.2, 0.25) is 0 Å². The number of hydrogen-bond acceptors (Lipinski definition) is 5. The average Bonchev–Trinajstić information content (AvgIpc) is 2.42. The zero-order valence-electron chi connectivity index (χ0n) is 12.3. The molecule has 0 spiro atoms. The maximum absolute atomic E-state index is 11.2. The van der Waals surface area contributed by atoms with Crippen molar-refractivity contribution in [3.05, 3.63) is 28.3 Å². The van der Waals surface area contributed by atoms with Crippen molar-refractivity contribution in [1.82, 2.24) is 5.32 Å². The highest BCUT2D eigenvalue weighted by molar-refractivity contribution is 5.68. The molecule has 0 heterocycles. The third kappa shape index (κ3) is 4.70. The second-order valence-corrected chi connectivity index (χ2v) is 4.80. The standard InChI is InChI=1S/C14H23N3O3/c1-4-8-20-13-7-5-6-12(14(13)17(18)19)16-10-11(2)9-15-3/h5-7,11,15-16H,4,8-10H2,1-3H3. The topological polar surface area (TPSA) is 76.4 Å². The number of anilines is 1. The van der Waals surface area contributed by atoms with Gasteiger partial charge < -0.3 is 15.4 Å². The van der Waals surface area contributed by atoms with E-state index in [2.05, 4.69) is 17.6 Å². The number of ether oxygens (including phenoxy) is 1. The zero-order chi connectivity index (χ0) is 15.0. The number of rotatable bonds is 9. The molecule has 6 nitrogen and oxygen atoms in total. The van der Waals surface area contributed by atoms with Crippen molar-refractivity contribution in [2.75, 3.05) is 32.1 Å². The molecule has 6 heteroatoms. The lowest BCUT2D eigenvalue weighted by molar-refractivity contribution is -0.385. The van der Waals surface area contributed by atoms with E-state index >= 15 is 0 Å². The maximum Gasteiger partial charge on any atom is 0.333 e. The van der Waals surface area contributed by atoms with E-state index in [1.807, 2.05) is 14.0 Å². The first-order valence-corrected chi connectivity index (χ1v) is 6.88. The summed E-state index contributed by atoms with van der Waals surface area (Å²) in [6, 6.07) is 5.11. The van der Waals surface area contributed by atoms with Gasteiger partial charge in [-0.2, -0.15) is 0 Å². The second kappa shape index (κ2) is 8.37. The molecule has 1 aromatic carbocycles. The lowest BCUT2D eigenvalue weighted by Crippen LogP contribution is -2.23. The largest absolute Gasteiger partial charge is 0.487 e. The summed E-state index contributed by atoms with van der Waals surface area (Å²) in [6.07, 6.45) is 0.814. The van der Waals surface area contributed by atoms with Gasteiger partial charge in [0.05, 0.1) is 11.5 Å². The van der Waals surface area contributed by atoms with Crippen LogP contribution in [0.5, 0.6) is 5.75 Å². The van der Waals surface area contributed by atoms with Gasteiger partial charge in [-0.15, -0.1) is 0 Å². The van der Waals surface area contributed by atoms with Crippen LogP contribution in [-0.4, -0.2) is 31.7 Å². The fourth-order valence-corrected chi connectivity index (χ4v) is 1.89. The Kier molecular flexibility index (Phi) is 6.79. The first-order valence-electron chi connectivity index (χ1n) is 6.88. The molecule has 1 aromatic rings. The number of nitro benzene ring substituents is 1. The predicted molar refractivity (Wildman–Crippen MR) is 80.5 cm³/mol. The van der Waals surface area contributed by atoms with Crippen LogP contribution in [-0.2, 0) is 0 Å². The Bertz CT molecular complexity index is 438. The van der Waals surface area contributed by atoms with E-state index in [4.69, 9.17) is 4.74 Å². The van der Waals surface area contributed by atoms with Crippen molar-refractivity contribution in [1.29, 1.82) is 0 Å². The molecule has 0 aliphatic carbocycles. The Hall–Kier alpha value is -1.82. The highest BCUT2D eigenvalue weighted by atomic mass is 16.6. The molecule has 2 N–H and O–H groups in total. The van der Waals surface area contributed by atoms with E-state index in [0.717, 1.165) is 13.0 Å². The van der Waals surface area contributed by atoms with E-state index in [1.165, 1.54) is 0 Å². The smallest absolute Gasteiger partial charge is 0.333 e. The Morgan fingerprint density at radius 2 is 2.15 bits per heavy atom. The minimum atomic E-state index is -0.393. The van der Waals surface area contributed by atoms with Gasteiger partial charge in [-0.1, -0.05) is 19.9 Å². The van der Waals surface area contributed by atoms with Crippen LogP contribution >= 0.6 is 0 Å². The van der Waals surface area contributed by atoms with Crippen molar-refractivity contribution in [3.63, 3.8) is 0 Å². The number of hydrogen-bond donors (Lipinski definition) is 2. The number of para-hydroxylation sites is 1. The average molecular weight is 281 g/mol. The van der Waals surface area contributed by atoms with Gasteiger partial charge in [0.25, 0.3) is 0 Å². The normalized spacial score (nSPS) is 11.9. The van der Waals surface area contributed by atoms with Gasteiger partial charge in [-0.05, 0) is 38.1 Å². The van der Waals surface area contributed by atoms with Crippen molar-refractivity contribution in [2.24, 2.45) is 5.92 Å². The van der Waals surface area contributed by atoms with Crippen LogP contribution in [0.15, 0.2) is 18.2 Å². The molecule has 0 radical (unpaired) electrons. The first kappa shape index (κ1) is 16.2. The number of nitrogens with one attached hydrogen (secondary N) is 2. The molecule has 1 rings (SSSR count). The van der Waals surface area contributed by atoms with Gasteiger partial charge in [0.15, 0.2) is 5.75 Å². The van der Waals surface area contributed by atoms with Crippen LogP contribution < -0.4 is 15.4 Å². The van der Waals surface area contributed by atoms with Gasteiger partial charge in [0.1, 0.15) is 5.69 Å². The van der Waals surface area contributed by atoms with Crippen LogP contribution in [0.3, 0.4) is 0 Å². The second-order valence-electron chi connectivity index (χ2n) is 4.80. The summed E-state index contributed by atoms with van der Waals surface area (Å²) in [4.78, 5) is 10.9. The lowest BCUT2D eigenvalue weighted by Gasteiger charge is -2.14. The van der Waals surface area contributed by atoms with Crippen LogP contribution in [0.4, 0.5) is 11.4 Å². The lowest BCUT2D eigenvalue weighted by atomic mass is 10.1. The Labute approximate surface area is 119 Å². The summed E-state index contributed by atoms with van der Waals surface area (Å²) in [5.74, 6) is 0.697. The summed E-state index contributed by atoms with van der Waals surface area (Å²) in [5.41, 5.74) is 0.518. The zero-order valence-corrected chi connectivity index (χ0v) is 12.3.